The Labute approximate surface area is 149 Å². The average molecular weight is 399 g/mol. The van der Waals surface area contributed by atoms with E-state index in [-0.39, 0.29) is 21.4 Å². The summed E-state index contributed by atoms with van der Waals surface area (Å²) in [6.07, 6.45) is -2.93. The van der Waals surface area contributed by atoms with Crippen LogP contribution in [0, 0.1) is 5.92 Å². The summed E-state index contributed by atoms with van der Waals surface area (Å²) in [6.45, 7) is 1.11. The molecule has 1 atom stereocenters. The van der Waals surface area contributed by atoms with Gasteiger partial charge < -0.3 is 5.32 Å². The second-order valence-corrected chi connectivity index (χ2v) is 8.37. The van der Waals surface area contributed by atoms with Gasteiger partial charge in [-0.1, -0.05) is 18.5 Å². The molecule has 1 unspecified atom stereocenters. The highest BCUT2D eigenvalue weighted by molar-refractivity contribution is 7.89. The lowest BCUT2D eigenvalue weighted by atomic mass is 10.0. The lowest BCUT2D eigenvalue weighted by molar-refractivity contribution is -0.123. The quantitative estimate of drug-likeness (QED) is 0.847. The van der Waals surface area contributed by atoms with E-state index in [0.29, 0.717) is 19.5 Å². The van der Waals surface area contributed by atoms with Gasteiger partial charge in [-0.3, -0.25) is 4.79 Å². The van der Waals surface area contributed by atoms with Crippen molar-refractivity contribution in [3.63, 3.8) is 0 Å². The van der Waals surface area contributed by atoms with Crippen molar-refractivity contribution in [2.24, 2.45) is 5.92 Å². The first kappa shape index (κ1) is 20.0. The molecule has 0 bridgehead atoms. The molecule has 1 amide bonds. The van der Waals surface area contributed by atoms with Crippen LogP contribution in [0.25, 0.3) is 0 Å². The van der Waals surface area contributed by atoms with Crippen LogP contribution in [0.3, 0.4) is 0 Å². The third-order valence-electron chi connectivity index (χ3n) is 3.88. The lowest BCUT2D eigenvalue weighted by Crippen LogP contribution is -2.39. The molecule has 0 aromatic heterocycles. The number of rotatable bonds is 4. The molecule has 10 heteroatoms. The topological polar surface area (TPSA) is 66.5 Å². The van der Waals surface area contributed by atoms with Gasteiger partial charge in [0.1, 0.15) is 11.4 Å². The van der Waals surface area contributed by atoms with Crippen LogP contribution in [0.1, 0.15) is 30.1 Å². The fraction of sp³-hybridized carbons (Fsp3) is 0.533. The highest BCUT2D eigenvalue weighted by atomic mass is 35.5. The summed E-state index contributed by atoms with van der Waals surface area (Å²) in [7, 11) is -3.93. The molecule has 1 aromatic rings. The van der Waals surface area contributed by atoms with Crippen LogP contribution >= 0.6 is 11.6 Å². The molecule has 0 radical (unpaired) electrons. The van der Waals surface area contributed by atoms with Crippen LogP contribution < -0.4 is 5.32 Å². The molecule has 1 aliphatic heterocycles. The fourth-order valence-corrected chi connectivity index (χ4v) is 4.73. The minimum atomic E-state index is -4.55. The van der Waals surface area contributed by atoms with Crippen molar-refractivity contribution in [1.82, 2.24) is 9.62 Å². The van der Waals surface area contributed by atoms with Crippen molar-refractivity contribution >= 4 is 27.5 Å². The number of piperidine rings is 1. The molecule has 1 aliphatic rings. The Hall–Kier alpha value is -1.32. The minimum Gasteiger partial charge on any atom is -0.343 e. The summed E-state index contributed by atoms with van der Waals surface area (Å²) in [4.78, 5) is 11.6. The number of carbonyl (C=O) groups excluding carboxylic acids is 1. The van der Waals surface area contributed by atoms with Crippen LogP contribution in [0.5, 0.6) is 0 Å². The Morgan fingerprint density at radius 2 is 2.08 bits per heavy atom. The molecule has 0 spiro atoms. The summed E-state index contributed by atoms with van der Waals surface area (Å²) < 4.78 is 63.5. The van der Waals surface area contributed by atoms with E-state index in [1.54, 1.807) is 5.32 Å². The second-order valence-electron chi connectivity index (χ2n) is 6.05. The number of hydrogen-bond acceptors (Lipinski definition) is 3. The molecule has 140 valence electrons. The number of amides is 1. The van der Waals surface area contributed by atoms with Gasteiger partial charge in [0.15, 0.2) is 0 Å². The summed E-state index contributed by atoms with van der Waals surface area (Å²) in [6, 6.07) is 3.40. The molecule has 1 saturated heterocycles. The number of halogens is 4. The number of benzene rings is 1. The molecule has 2 rings (SSSR count). The standard InChI is InChI=1S/C15H18ClF3N2O3S/c1-10-3-2-6-21(8-10)25(23,24)13-7-11(4-5-12(13)16)14(22)20-9-15(17,18)19/h4-5,7,10H,2-3,6,8-9H2,1H3,(H,20,22). The average Bonchev–Trinajstić information content (AvgIpc) is 2.52. The van der Waals surface area contributed by atoms with Gasteiger partial charge in [0.05, 0.1) is 5.02 Å². The molecule has 5 nitrogen and oxygen atoms in total. The highest BCUT2D eigenvalue weighted by Gasteiger charge is 2.31. The Morgan fingerprint density at radius 1 is 1.40 bits per heavy atom. The number of sulfonamides is 1. The smallest absolute Gasteiger partial charge is 0.343 e. The second kappa shape index (κ2) is 7.51. The Morgan fingerprint density at radius 3 is 2.68 bits per heavy atom. The number of hydrogen-bond donors (Lipinski definition) is 1. The molecule has 1 N–H and O–H groups in total. The maximum Gasteiger partial charge on any atom is 0.405 e. The molecule has 0 saturated carbocycles. The van der Waals surface area contributed by atoms with Gasteiger partial charge >= 0.3 is 6.18 Å². The maximum absolute atomic E-state index is 12.8. The van der Waals surface area contributed by atoms with Gasteiger partial charge in [-0.2, -0.15) is 17.5 Å². The van der Waals surface area contributed by atoms with Crippen molar-refractivity contribution in [1.29, 1.82) is 0 Å². The molecule has 1 fully saturated rings. The summed E-state index contributed by atoms with van der Waals surface area (Å²) in [5.74, 6) is -0.821. The van der Waals surface area contributed by atoms with E-state index in [9.17, 15) is 26.4 Å². The largest absolute Gasteiger partial charge is 0.405 e. The number of nitrogens with one attached hydrogen (secondary N) is 1. The van der Waals surface area contributed by atoms with Crippen LogP contribution in [0.4, 0.5) is 13.2 Å². The van der Waals surface area contributed by atoms with Crippen molar-refractivity contribution < 1.29 is 26.4 Å². The number of alkyl halides is 3. The van der Waals surface area contributed by atoms with Crippen molar-refractivity contribution in [2.75, 3.05) is 19.6 Å². The monoisotopic (exact) mass is 398 g/mol. The predicted octanol–water partition coefficient (Wildman–Crippen LogP) is 3.05. The first-order valence-corrected chi connectivity index (χ1v) is 9.47. The first-order valence-electron chi connectivity index (χ1n) is 7.65. The van der Waals surface area contributed by atoms with Gasteiger partial charge in [-0.25, -0.2) is 8.42 Å². The Balaban J connectivity index is 2.27. The molecular weight excluding hydrogens is 381 g/mol. The third kappa shape index (κ3) is 5.08. The minimum absolute atomic E-state index is 0.0782. The summed E-state index contributed by atoms with van der Waals surface area (Å²) in [5, 5.41) is 1.63. The van der Waals surface area contributed by atoms with Crippen LogP contribution in [-0.2, 0) is 10.0 Å². The van der Waals surface area contributed by atoms with E-state index in [0.717, 1.165) is 12.5 Å². The zero-order valence-electron chi connectivity index (χ0n) is 13.4. The summed E-state index contributed by atoms with van der Waals surface area (Å²) in [5.41, 5.74) is -0.197. The van der Waals surface area contributed by atoms with E-state index >= 15 is 0 Å². The summed E-state index contributed by atoms with van der Waals surface area (Å²) >= 11 is 5.97. The fourth-order valence-electron chi connectivity index (χ4n) is 2.63. The van der Waals surface area contributed by atoms with Crippen LogP contribution in [-0.4, -0.2) is 44.4 Å². The van der Waals surface area contributed by atoms with E-state index in [1.807, 2.05) is 6.92 Å². The van der Waals surface area contributed by atoms with E-state index in [1.165, 1.54) is 16.4 Å². The van der Waals surface area contributed by atoms with E-state index < -0.39 is 28.7 Å². The van der Waals surface area contributed by atoms with Crippen LogP contribution in [0.15, 0.2) is 23.1 Å². The lowest BCUT2D eigenvalue weighted by Gasteiger charge is -2.30. The van der Waals surface area contributed by atoms with Gasteiger partial charge in [-0.05, 0) is 37.0 Å². The molecular formula is C15H18ClF3N2O3S. The van der Waals surface area contributed by atoms with Gasteiger partial charge in [-0.15, -0.1) is 0 Å². The Bertz CT molecular complexity index is 753. The number of nitrogens with zero attached hydrogens (tertiary/aromatic N) is 1. The highest BCUT2D eigenvalue weighted by Crippen LogP contribution is 2.29. The maximum atomic E-state index is 12.8. The normalized spacial score (nSPS) is 19.6. The van der Waals surface area contributed by atoms with E-state index in [2.05, 4.69) is 0 Å². The van der Waals surface area contributed by atoms with Gasteiger partial charge in [0.2, 0.25) is 10.0 Å². The number of carbonyl (C=O) groups is 1. The van der Waals surface area contributed by atoms with Gasteiger partial charge in [0.25, 0.3) is 5.91 Å². The third-order valence-corrected chi connectivity index (χ3v) is 6.23. The SMILES string of the molecule is CC1CCCN(S(=O)(=O)c2cc(C(=O)NCC(F)(F)F)ccc2Cl)C1. The van der Waals surface area contributed by atoms with Crippen molar-refractivity contribution in [3.05, 3.63) is 28.8 Å². The molecule has 1 heterocycles. The van der Waals surface area contributed by atoms with Crippen molar-refractivity contribution in [3.8, 4) is 0 Å². The Kier molecular flexibility index (Phi) is 6.01. The zero-order chi connectivity index (χ0) is 18.8. The first-order chi connectivity index (χ1) is 11.5. The zero-order valence-corrected chi connectivity index (χ0v) is 15.0. The molecule has 0 aliphatic carbocycles. The molecule has 1 aromatic carbocycles. The predicted molar refractivity (Wildman–Crippen MR) is 87.0 cm³/mol. The molecule has 25 heavy (non-hydrogen) atoms. The van der Waals surface area contributed by atoms with E-state index in [4.69, 9.17) is 11.6 Å². The van der Waals surface area contributed by atoms with Crippen LogP contribution in [0.2, 0.25) is 5.02 Å². The van der Waals surface area contributed by atoms with Gasteiger partial charge in [0, 0.05) is 18.7 Å². The van der Waals surface area contributed by atoms with Crippen molar-refractivity contribution in [2.45, 2.75) is 30.8 Å².